The molecular weight excluding hydrogens is 406 g/mol. The number of hydrogen-bond donors (Lipinski definition) is 2. The van der Waals surface area contributed by atoms with Gasteiger partial charge in [-0.3, -0.25) is 14.9 Å². The van der Waals surface area contributed by atoms with Crippen LogP contribution in [0.5, 0.6) is 0 Å². The van der Waals surface area contributed by atoms with Gasteiger partial charge >= 0.3 is 0 Å². The minimum Gasteiger partial charge on any atom is -0.334 e. The Bertz CT molecular complexity index is 1130. The monoisotopic (exact) mass is 423 g/mol. The Kier molecular flexibility index (Phi) is 4.53. The highest BCUT2D eigenvalue weighted by Gasteiger charge is 2.17. The molecule has 0 aliphatic heterocycles. The largest absolute Gasteiger partial charge is 0.334 e. The van der Waals surface area contributed by atoms with Crippen molar-refractivity contribution in [2.45, 2.75) is 20.4 Å². The summed E-state index contributed by atoms with van der Waals surface area (Å²) in [4.78, 5) is 16.7. The SMILES string of the molecule is Cc1c(NC(=O)Cn2c(C)c(Br)c3ccccc32)n[nH]c1-c1ccncc1. The lowest BCUT2D eigenvalue weighted by molar-refractivity contribution is -0.116. The lowest BCUT2D eigenvalue weighted by Crippen LogP contribution is -2.20. The topological polar surface area (TPSA) is 75.6 Å². The van der Waals surface area contributed by atoms with E-state index in [-0.39, 0.29) is 12.5 Å². The molecule has 0 saturated carbocycles. The molecule has 0 spiro atoms. The van der Waals surface area contributed by atoms with Crippen molar-refractivity contribution < 1.29 is 4.79 Å². The number of halogens is 1. The summed E-state index contributed by atoms with van der Waals surface area (Å²) in [6.45, 7) is 4.15. The Morgan fingerprint density at radius 2 is 1.93 bits per heavy atom. The van der Waals surface area contributed by atoms with Crippen LogP contribution in [-0.2, 0) is 11.3 Å². The Labute approximate surface area is 164 Å². The molecule has 0 atom stereocenters. The second kappa shape index (κ2) is 7.00. The van der Waals surface area contributed by atoms with Crippen molar-refractivity contribution in [2.75, 3.05) is 5.32 Å². The predicted molar refractivity (Wildman–Crippen MR) is 110 cm³/mol. The molecule has 2 N–H and O–H groups in total. The first-order valence-electron chi connectivity index (χ1n) is 8.55. The van der Waals surface area contributed by atoms with Gasteiger partial charge in [0.05, 0.1) is 5.69 Å². The van der Waals surface area contributed by atoms with Crippen LogP contribution in [0.1, 0.15) is 11.3 Å². The maximum absolute atomic E-state index is 12.7. The summed E-state index contributed by atoms with van der Waals surface area (Å²) in [5, 5.41) is 11.3. The first kappa shape index (κ1) is 17.5. The molecule has 0 aliphatic carbocycles. The molecular formula is C20H18BrN5O. The summed E-state index contributed by atoms with van der Waals surface area (Å²) in [6.07, 6.45) is 3.46. The number of H-pyrrole nitrogens is 1. The molecule has 3 heterocycles. The molecule has 27 heavy (non-hydrogen) atoms. The number of amides is 1. The molecule has 0 fully saturated rings. The number of carbonyl (C=O) groups is 1. The fourth-order valence-corrected chi connectivity index (χ4v) is 3.78. The number of benzene rings is 1. The Morgan fingerprint density at radius 3 is 2.70 bits per heavy atom. The molecule has 7 heteroatoms. The zero-order valence-electron chi connectivity index (χ0n) is 15.0. The lowest BCUT2D eigenvalue weighted by atomic mass is 10.1. The number of carbonyl (C=O) groups excluding carboxylic acids is 1. The van der Waals surface area contributed by atoms with Crippen molar-refractivity contribution in [2.24, 2.45) is 0 Å². The summed E-state index contributed by atoms with van der Waals surface area (Å²) < 4.78 is 3.02. The van der Waals surface area contributed by atoms with Crippen LogP contribution >= 0.6 is 15.9 Å². The molecule has 0 radical (unpaired) electrons. The van der Waals surface area contributed by atoms with E-state index >= 15 is 0 Å². The van der Waals surface area contributed by atoms with E-state index in [4.69, 9.17) is 0 Å². The third kappa shape index (κ3) is 3.14. The number of nitrogens with one attached hydrogen (secondary N) is 2. The van der Waals surface area contributed by atoms with Gasteiger partial charge in [0, 0.05) is 44.6 Å². The third-order valence-corrected chi connectivity index (χ3v) is 5.69. The number of rotatable bonds is 4. The van der Waals surface area contributed by atoms with E-state index in [1.807, 2.05) is 54.8 Å². The average molecular weight is 424 g/mol. The number of hydrogen-bond acceptors (Lipinski definition) is 3. The summed E-state index contributed by atoms with van der Waals surface area (Å²) in [5.41, 5.74) is 4.78. The minimum atomic E-state index is -0.123. The molecule has 6 nitrogen and oxygen atoms in total. The Hall–Kier alpha value is -2.93. The normalized spacial score (nSPS) is 11.1. The Morgan fingerprint density at radius 1 is 1.19 bits per heavy atom. The van der Waals surface area contributed by atoms with Gasteiger partial charge in [0.1, 0.15) is 6.54 Å². The van der Waals surface area contributed by atoms with E-state index in [9.17, 15) is 4.79 Å². The van der Waals surface area contributed by atoms with Crippen LogP contribution in [0, 0.1) is 13.8 Å². The van der Waals surface area contributed by atoms with Crippen molar-refractivity contribution in [1.29, 1.82) is 0 Å². The van der Waals surface area contributed by atoms with Gasteiger partial charge in [0.25, 0.3) is 0 Å². The molecule has 4 rings (SSSR count). The summed E-state index contributed by atoms with van der Waals surface area (Å²) in [7, 11) is 0. The molecule has 4 aromatic rings. The molecule has 1 amide bonds. The second-order valence-electron chi connectivity index (χ2n) is 6.36. The number of pyridine rings is 1. The van der Waals surface area contributed by atoms with E-state index in [2.05, 4.69) is 36.4 Å². The molecule has 0 unspecified atom stereocenters. The highest BCUT2D eigenvalue weighted by Crippen LogP contribution is 2.30. The minimum absolute atomic E-state index is 0.123. The highest BCUT2D eigenvalue weighted by molar-refractivity contribution is 9.10. The van der Waals surface area contributed by atoms with Crippen LogP contribution in [0.3, 0.4) is 0 Å². The molecule has 136 valence electrons. The second-order valence-corrected chi connectivity index (χ2v) is 7.15. The van der Waals surface area contributed by atoms with Gasteiger partial charge in [-0.15, -0.1) is 0 Å². The first-order chi connectivity index (χ1) is 13.1. The van der Waals surface area contributed by atoms with Gasteiger partial charge in [0.2, 0.25) is 5.91 Å². The van der Waals surface area contributed by atoms with Crippen molar-refractivity contribution in [3.8, 4) is 11.3 Å². The van der Waals surface area contributed by atoms with Crippen LogP contribution in [0.15, 0.2) is 53.3 Å². The number of nitrogens with zero attached hydrogens (tertiary/aromatic N) is 3. The van der Waals surface area contributed by atoms with Crippen molar-refractivity contribution in [3.63, 3.8) is 0 Å². The van der Waals surface area contributed by atoms with E-state index in [0.29, 0.717) is 5.82 Å². The zero-order chi connectivity index (χ0) is 19.0. The van der Waals surface area contributed by atoms with Crippen LogP contribution in [0.4, 0.5) is 5.82 Å². The van der Waals surface area contributed by atoms with E-state index in [1.165, 1.54) is 0 Å². The van der Waals surface area contributed by atoms with E-state index in [0.717, 1.165) is 37.9 Å². The maximum Gasteiger partial charge on any atom is 0.245 e. The van der Waals surface area contributed by atoms with Crippen LogP contribution in [-0.4, -0.2) is 25.7 Å². The van der Waals surface area contributed by atoms with Gasteiger partial charge in [-0.2, -0.15) is 5.10 Å². The summed E-state index contributed by atoms with van der Waals surface area (Å²) in [6, 6.07) is 11.8. The molecule has 0 bridgehead atoms. The van der Waals surface area contributed by atoms with Gasteiger partial charge in [0.15, 0.2) is 5.82 Å². The quantitative estimate of drug-likeness (QED) is 0.509. The lowest BCUT2D eigenvalue weighted by Gasteiger charge is -2.09. The van der Waals surface area contributed by atoms with Crippen LogP contribution in [0.2, 0.25) is 0 Å². The van der Waals surface area contributed by atoms with Crippen molar-refractivity contribution in [3.05, 3.63) is 64.5 Å². The fourth-order valence-electron chi connectivity index (χ4n) is 3.23. The van der Waals surface area contributed by atoms with Crippen LogP contribution in [0.25, 0.3) is 22.2 Å². The first-order valence-corrected chi connectivity index (χ1v) is 9.34. The summed E-state index contributed by atoms with van der Waals surface area (Å²) in [5.74, 6) is 0.419. The fraction of sp³-hybridized carbons (Fsp3) is 0.150. The van der Waals surface area contributed by atoms with Gasteiger partial charge in [-0.1, -0.05) is 18.2 Å². The smallest absolute Gasteiger partial charge is 0.245 e. The maximum atomic E-state index is 12.7. The van der Waals surface area contributed by atoms with E-state index < -0.39 is 0 Å². The average Bonchev–Trinajstić information content (AvgIpc) is 3.16. The number of fused-ring (bicyclic) bond motifs is 1. The van der Waals surface area contributed by atoms with Gasteiger partial charge in [-0.25, -0.2) is 0 Å². The molecule has 0 saturated heterocycles. The van der Waals surface area contributed by atoms with E-state index in [1.54, 1.807) is 12.4 Å². The molecule has 1 aromatic carbocycles. The zero-order valence-corrected chi connectivity index (χ0v) is 16.5. The van der Waals surface area contributed by atoms with Gasteiger partial charge < -0.3 is 9.88 Å². The highest BCUT2D eigenvalue weighted by atomic mass is 79.9. The van der Waals surface area contributed by atoms with Gasteiger partial charge in [-0.05, 0) is 48.0 Å². The summed E-state index contributed by atoms with van der Waals surface area (Å²) >= 11 is 3.62. The number of anilines is 1. The standard InChI is InChI=1S/C20H18BrN5O/c1-12-19(14-7-9-22-10-8-14)24-25-20(12)23-17(27)11-26-13(2)18(21)15-5-3-4-6-16(15)26/h3-10H,11H2,1-2H3,(H2,23,24,25,27). The van der Waals surface area contributed by atoms with Crippen molar-refractivity contribution in [1.82, 2.24) is 19.7 Å². The Balaban J connectivity index is 1.58. The number of para-hydroxylation sites is 1. The van der Waals surface area contributed by atoms with Crippen molar-refractivity contribution >= 4 is 38.6 Å². The predicted octanol–water partition coefficient (Wildman–Crippen LogP) is 4.44. The molecule has 0 aliphatic rings. The number of aromatic nitrogens is 4. The van der Waals surface area contributed by atoms with Crippen LogP contribution < -0.4 is 5.32 Å². The molecule has 3 aromatic heterocycles. The third-order valence-electron chi connectivity index (χ3n) is 4.69. The number of aromatic amines is 1.